The van der Waals surface area contributed by atoms with E-state index in [1.165, 1.54) is 0 Å². The van der Waals surface area contributed by atoms with Gasteiger partial charge in [0.2, 0.25) is 6.71 Å². The molecule has 0 heterocycles. The number of nitrogens with two attached hydrogens (primary N) is 2. The Labute approximate surface area is 182 Å². The fourth-order valence-corrected chi connectivity index (χ4v) is 3.85. The third kappa shape index (κ3) is 3.99. The molecule has 0 aliphatic rings. The van der Waals surface area contributed by atoms with E-state index in [4.69, 9.17) is 18.0 Å². The molecular formula is C26H19BN4. The highest BCUT2D eigenvalue weighted by atomic mass is 14.6. The minimum atomic E-state index is -0.110. The van der Waals surface area contributed by atoms with E-state index < -0.39 is 0 Å². The maximum absolute atomic E-state index is 9.27. The quantitative estimate of drug-likeness (QED) is 0.314. The van der Waals surface area contributed by atoms with Crippen LogP contribution in [-0.2, 0) is 0 Å². The van der Waals surface area contributed by atoms with Gasteiger partial charge in [0.25, 0.3) is 0 Å². The number of rotatable bonds is 4. The number of hydrogen-bond acceptors (Lipinski definition) is 3. The van der Waals surface area contributed by atoms with Crippen molar-refractivity contribution in [2.45, 2.75) is 0 Å². The third-order valence-corrected chi connectivity index (χ3v) is 5.37. The molecule has 0 amide bonds. The van der Waals surface area contributed by atoms with Gasteiger partial charge in [0.05, 0.1) is 12.6 Å². The van der Waals surface area contributed by atoms with Crippen molar-refractivity contribution < 1.29 is 0 Å². The van der Waals surface area contributed by atoms with Gasteiger partial charge >= 0.3 is 0 Å². The second-order valence-electron chi connectivity index (χ2n) is 7.31. The lowest BCUT2D eigenvalue weighted by Gasteiger charge is -2.19. The Kier molecular flexibility index (Phi) is 5.43. The summed E-state index contributed by atoms with van der Waals surface area (Å²) in [7, 11) is 0. The van der Waals surface area contributed by atoms with E-state index in [1.54, 1.807) is 18.2 Å². The van der Waals surface area contributed by atoms with Crippen molar-refractivity contribution in [1.29, 1.82) is 5.26 Å². The molecule has 4 N–H and O–H groups in total. The van der Waals surface area contributed by atoms with Gasteiger partial charge in [-0.05, 0) is 52.4 Å². The minimum Gasteiger partial charge on any atom is -0.399 e. The molecule has 146 valence electrons. The summed E-state index contributed by atoms with van der Waals surface area (Å²) in [6.45, 7) is 7.18. The van der Waals surface area contributed by atoms with Crippen molar-refractivity contribution in [2.75, 3.05) is 11.5 Å². The van der Waals surface area contributed by atoms with Crippen LogP contribution in [0.25, 0.3) is 16.0 Å². The molecule has 0 fully saturated rings. The summed E-state index contributed by atoms with van der Waals surface area (Å²) in [5.74, 6) is 0. The summed E-state index contributed by atoms with van der Waals surface area (Å²) in [4.78, 5) is 3.48. The summed E-state index contributed by atoms with van der Waals surface area (Å²) in [5, 5.41) is 9.27. The highest BCUT2D eigenvalue weighted by molar-refractivity contribution is 6.97. The summed E-state index contributed by atoms with van der Waals surface area (Å²) in [6.07, 6.45) is 0. The van der Waals surface area contributed by atoms with Gasteiger partial charge in [0, 0.05) is 16.9 Å². The second-order valence-corrected chi connectivity index (χ2v) is 7.31. The first-order valence-corrected chi connectivity index (χ1v) is 9.82. The fourth-order valence-electron chi connectivity index (χ4n) is 3.85. The molecule has 0 aliphatic carbocycles. The van der Waals surface area contributed by atoms with Crippen LogP contribution in [0.3, 0.4) is 0 Å². The summed E-state index contributed by atoms with van der Waals surface area (Å²) >= 11 is 0. The van der Waals surface area contributed by atoms with Crippen molar-refractivity contribution in [1.82, 2.24) is 0 Å². The number of hydrogen-bond donors (Lipinski definition) is 2. The van der Waals surface area contributed by atoms with Crippen LogP contribution in [0, 0.1) is 17.9 Å². The van der Waals surface area contributed by atoms with Crippen molar-refractivity contribution in [3.05, 3.63) is 108 Å². The van der Waals surface area contributed by atoms with Gasteiger partial charge in [-0.2, -0.15) is 5.26 Å². The molecule has 4 aromatic carbocycles. The van der Waals surface area contributed by atoms with Crippen LogP contribution in [0.15, 0.2) is 91.0 Å². The Morgan fingerprint density at radius 3 is 1.84 bits per heavy atom. The number of benzene rings is 4. The zero-order valence-corrected chi connectivity index (χ0v) is 16.8. The van der Waals surface area contributed by atoms with E-state index in [0.29, 0.717) is 22.6 Å². The normalized spacial score (nSPS) is 10.1. The van der Waals surface area contributed by atoms with Gasteiger partial charge in [0.1, 0.15) is 0 Å². The molecule has 4 nitrogen and oxygen atoms in total. The van der Waals surface area contributed by atoms with Crippen LogP contribution in [0.1, 0.15) is 5.56 Å². The van der Waals surface area contributed by atoms with E-state index in [2.05, 4.69) is 23.0 Å². The lowest BCUT2D eigenvalue weighted by atomic mass is 9.36. The zero-order valence-electron chi connectivity index (χ0n) is 16.8. The third-order valence-electron chi connectivity index (χ3n) is 5.37. The van der Waals surface area contributed by atoms with Crippen molar-refractivity contribution in [3.8, 4) is 17.2 Å². The average Bonchev–Trinajstić information content (AvgIpc) is 2.81. The topological polar surface area (TPSA) is 80.2 Å². The van der Waals surface area contributed by atoms with E-state index in [0.717, 1.165) is 27.5 Å². The molecule has 0 saturated carbocycles. The summed E-state index contributed by atoms with van der Waals surface area (Å²) in [5.41, 5.74) is 19.8. The van der Waals surface area contributed by atoms with Crippen LogP contribution in [0.2, 0.25) is 0 Å². The van der Waals surface area contributed by atoms with Crippen molar-refractivity contribution in [2.24, 2.45) is 0 Å². The molecule has 31 heavy (non-hydrogen) atoms. The van der Waals surface area contributed by atoms with E-state index in [9.17, 15) is 5.26 Å². The van der Waals surface area contributed by atoms with E-state index >= 15 is 0 Å². The molecule has 4 aromatic rings. The van der Waals surface area contributed by atoms with Crippen LogP contribution in [-0.4, -0.2) is 6.71 Å². The first-order chi connectivity index (χ1) is 15.1. The predicted molar refractivity (Wildman–Crippen MR) is 129 cm³/mol. The van der Waals surface area contributed by atoms with Crippen LogP contribution >= 0.6 is 0 Å². The van der Waals surface area contributed by atoms with Crippen LogP contribution < -0.4 is 27.9 Å². The largest absolute Gasteiger partial charge is 0.399 e. The van der Waals surface area contributed by atoms with Gasteiger partial charge in [-0.3, -0.25) is 0 Å². The number of nitriles is 1. The Morgan fingerprint density at radius 1 is 0.742 bits per heavy atom. The number of anilines is 2. The maximum atomic E-state index is 9.27. The molecule has 0 radical (unpaired) electrons. The molecule has 0 atom stereocenters. The molecule has 4 rings (SSSR count). The van der Waals surface area contributed by atoms with Gasteiger partial charge in [-0.15, -0.1) is 0 Å². The van der Waals surface area contributed by atoms with Crippen molar-refractivity contribution in [3.63, 3.8) is 0 Å². The zero-order chi connectivity index (χ0) is 21.8. The molecule has 0 aliphatic heterocycles. The minimum absolute atomic E-state index is 0.110. The standard InChI is InChI=1S/C26H19BN4/c1-31-22-15-18(17-28)14-20(16-22)19-10-12-21(13-11-19)27(23-6-2-4-8-25(23)29)24-7-3-5-9-26(24)30/h2-16H,29-30H2. The predicted octanol–water partition coefficient (Wildman–Crippen LogP) is 3.46. The number of para-hydroxylation sites is 2. The Balaban J connectivity index is 1.82. The van der Waals surface area contributed by atoms with Gasteiger partial charge < -0.3 is 11.5 Å². The highest BCUT2D eigenvalue weighted by Crippen LogP contribution is 2.26. The molecule has 0 saturated heterocycles. The summed E-state index contributed by atoms with van der Waals surface area (Å²) < 4.78 is 0. The summed E-state index contributed by atoms with van der Waals surface area (Å²) in [6, 6.07) is 31.1. The van der Waals surface area contributed by atoms with E-state index in [-0.39, 0.29) is 6.71 Å². The van der Waals surface area contributed by atoms with Gasteiger partial charge in [-0.1, -0.05) is 66.1 Å². The van der Waals surface area contributed by atoms with Crippen molar-refractivity contribution >= 4 is 40.2 Å². The van der Waals surface area contributed by atoms with Crippen LogP contribution in [0.4, 0.5) is 17.1 Å². The Bertz CT molecular complexity index is 1250. The monoisotopic (exact) mass is 398 g/mol. The lowest BCUT2D eigenvalue weighted by Crippen LogP contribution is -2.53. The second kappa shape index (κ2) is 8.49. The first kappa shape index (κ1) is 19.8. The highest BCUT2D eigenvalue weighted by Gasteiger charge is 2.25. The molecule has 0 unspecified atom stereocenters. The molecule has 0 spiro atoms. The Morgan fingerprint density at radius 2 is 1.32 bits per heavy atom. The fraction of sp³-hybridized carbons (Fsp3) is 0. The first-order valence-electron chi connectivity index (χ1n) is 9.82. The maximum Gasteiger partial charge on any atom is 0.246 e. The smallest absolute Gasteiger partial charge is 0.246 e. The molecule has 0 bridgehead atoms. The number of nitrogens with zero attached hydrogens (tertiary/aromatic N) is 2. The lowest BCUT2D eigenvalue weighted by molar-refractivity contribution is 1.48. The van der Waals surface area contributed by atoms with Gasteiger partial charge in [0.15, 0.2) is 5.69 Å². The SMILES string of the molecule is [C-]#[N+]c1cc(C#N)cc(-c2ccc(B(c3ccccc3N)c3ccccc3N)cc2)c1. The average molecular weight is 398 g/mol. The van der Waals surface area contributed by atoms with E-state index in [1.807, 2.05) is 60.7 Å². The van der Waals surface area contributed by atoms with Crippen LogP contribution in [0.5, 0.6) is 0 Å². The molecule has 5 heteroatoms. The molecular weight excluding hydrogens is 379 g/mol. The van der Waals surface area contributed by atoms with Gasteiger partial charge in [-0.25, -0.2) is 4.85 Å². The Hall–Kier alpha value is -4.48. The molecule has 0 aromatic heterocycles. The number of nitrogen functional groups attached to an aromatic ring is 2.